The predicted molar refractivity (Wildman–Crippen MR) is 95.8 cm³/mol. The molecule has 2 aliphatic heterocycles. The molecule has 27 heavy (non-hydrogen) atoms. The van der Waals surface area contributed by atoms with Crippen LogP contribution >= 0.6 is 0 Å². The molecule has 2 bridgehead atoms. The molecule has 9 nitrogen and oxygen atoms in total. The highest BCUT2D eigenvalue weighted by molar-refractivity contribution is 6.04. The van der Waals surface area contributed by atoms with Crippen LogP contribution in [0.2, 0.25) is 0 Å². The van der Waals surface area contributed by atoms with Crippen LogP contribution in [0.4, 0.5) is 9.59 Å². The second-order valence-electron chi connectivity index (χ2n) is 6.72. The van der Waals surface area contributed by atoms with Crippen molar-refractivity contribution in [2.75, 3.05) is 26.7 Å². The van der Waals surface area contributed by atoms with E-state index >= 15 is 0 Å². The number of carbonyl (C=O) groups is 3. The number of benzene rings is 1. The minimum atomic E-state index is -1.12. The van der Waals surface area contributed by atoms with Crippen LogP contribution in [0.15, 0.2) is 18.2 Å². The molecule has 3 heterocycles. The minimum absolute atomic E-state index is 0.186. The van der Waals surface area contributed by atoms with Gasteiger partial charge >= 0.3 is 12.1 Å². The summed E-state index contributed by atoms with van der Waals surface area (Å²) in [7, 11) is 1.60. The molecule has 142 valence electrons. The lowest BCUT2D eigenvalue weighted by atomic mass is 9.89. The van der Waals surface area contributed by atoms with Gasteiger partial charge in [0.05, 0.1) is 19.6 Å². The van der Waals surface area contributed by atoms with E-state index in [0.717, 1.165) is 22.2 Å². The van der Waals surface area contributed by atoms with Gasteiger partial charge in [0.25, 0.3) is 0 Å². The smallest absolute Gasteiger partial charge is 0.404 e. The maximum Gasteiger partial charge on any atom is 0.404 e. The molecule has 4 rings (SSSR count). The van der Waals surface area contributed by atoms with Crippen molar-refractivity contribution in [1.82, 2.24) is 20.1 Å². The fourth-order valence-electron chi connectivity index (χ4n) is 3.90. The number of carboxylic acid groups (broad SMARTS) is 1. The van der Waals surface area contributed by atoms with Gasteiger partial charge in [-0.25, -0.2) is 9.59 Å². The fraction of sp³-hybridized carbons (Fsp3) is 0.389. The highest BCUT2D eigenvalue weighted by Gasteiger charge is 2.44. The van der Waals surface area contributed by atoms with E-state index in [4.69, 9.17) is 9.84 Å². The normalized spacial score (nSPS) is 18.6. The molecule has 0 saturated carbocycles. The minimum Gasteiger partial charge on any atom is -0.497 e. The van der Waals surface area contributed by atoms with Gasteiger partial charge in [-0.05, 0) is 30.2 Å². The van der Waals surface area contributed by atoms with Crippen LogP contribution in [0.3, 0.4) is 0 Å². The van der Waals surface area contributed by atoms with Crippen LogP contribution < -0.4 is 10.1 Å². The zero-order valence-electron chi connectivity index (χ0n) is 14.8. The molecule has 2 aliphatic rings. The highest BCUT2D eigenvalue weighted by Crippen LogP contribution is 2.39. The summed E-state index contributed by atoms with van der Waals surface area (Å²) in [6, 6.07) is 5.35. The SMILES string of the molecule is COc1ccc2[nH]c3c(c2c1)C1CN(C3)C(=O)N(CCCNC(=O)O)C1=O. The van der Waals surface area contributed by atoms with Crippen molar-refractivity contribution in [3.05, 3.63) is 29.5 Å². The number of amides is 4. The number of hydrogen-bond acceptors (Lipinski definition) is 4. The van der Waals surface area contributed by atoms with Crippen LogP contribution in [0.1, 0.15) is 23.6 Å². The fourth-order valence-corrected chi connectivity index (χ4v) is 3.90. The van der Waals surface area contributed by atoms with Gasteiger partial charge in [0.2, 0.25) is 5.91 Å². The Hall–Kier alpha value is -3.23. The molecule has 1 aromatic carbocycles. The Balaban J connectivity index is 1.64. The van der Waals surface area contributed by atoms with E-state index in [0.29, 0.717) is 25.3 Å². The quantitative estimate of drug-likeness (QED) is 0.691. The first-order valence-corrected chi connectivity index (χ1v) is 8.75. The Morgan fingerprint density at radius 3 is 2.96 bits per heavy atom. The van der Waals surface area contributed by atoms with Gasteiger partial charge in [0.15, 0.2) is 0 Å². The summed E-state index contributed by atoms with van der Waals surface area (Å²) >= 11 is 0. The van der Waals surface area contributed by atoms with Crippen LogP contribution in [0, 0.1) is 0 Å². The maximum atomic E-state index is 13.0. The standard InChI is InChI=1S/C18H20N4O5/c1-27-10-3-4-13-11(7-10)15-12-8-21(9-14(15)20-13)18(26)22(16(12)23)6-2-5-19-17(24)25/h3-4,7,12,19-20H,2,5-6,8-9H2,1H3,(H,24,25). The van der Waals surface area contributed by atoms with Crippen molar-refractivity contribution < 1.29 is 24.2 Å². The molecular weight excluding hydrogens is 352 g/mol. The van der Waals surface area contributed by atoms with E-state index in [9.17, 15) is 14.4 Å². The van der Waals surface area contributed by atoms with Gasteiger partial charge in [-0.1, -0.05) is 0 Å². The number of nitrogens with zero attached hydrogens (tertiary/aromatic N) is 2. The van der Waals surface area contributed by atoms with Gasteiger partial charge in [0.1, 0.15) is 5.75 Å². The summed E-state index contributed by atoms with van der Waals surface area (Å²) in [4.78, 5) is 42.4. The van der Waals surface area contributed by atoms with Crippen molar-refractivity contribution in [3.63, 3.8) is 0 Å². The first-order chi connectivity index (χ1) is 13.0. The van der Waals surface area contributed by atoms with E-state index in [1.165, 1.54) is 4.90 Å². The molecule has 0 aliphatic carbocycles. The number of nitrogens with one attached hydrogen (secondary N) is 2. The van der Waals surface area contributed by atoms with E-state index in [1.807, 2.05) is 18.2 Å². The predicted octanol–water partition coefficient (Wildman–Crippen LogP) is 1.70. The molecule has 1 aromatic heterocycles. The lowest BCUT2D eigenvalue weighted by Crippen LogP contribution is -2.57. The molecule has 3 N–H and O–H groups in total. The molecular formula is C18H20N4O5. The number of aromatic nitrogens is 1. The number of aromatic amines is 1. The van der Waals surface area contributed by atoms with Gasteiger partial charge in [-0.3, -0.25) is 9.69 Å². The highest BCUT2D eigenvalue weighted by atomic mass is 16.5. The molecule has 9 heteroatoms. The summed E-state index contributed by atoms with van der Waals surface area (Å²) in [6.45, 7) is 1.15. The molecule has 2 aromatic rings. The number of fused-ring (bicyclic) bond motifs is 6. The van der Waals surface area contributed by atoms with Crippen molar-refractivity contribution in [1.29, 1.82) is 0 Å². The van der Waals surface area contributed by atoms with Gasteiger partial charge in [0, 0.05) is 36.2 Å². The van der Waals surface area contributed by atoms with E-state index in [-0.39, 0.29) is 25.0 Å². The van der Waals surface area contributed by atoms with Gasteiger partial charge < -0.3 is 25.0 Å². The Morgan fingerprint density at radius 1 is 1.41 bits per heavy atom. The van der Waals surface area contributed by atoms with Crippen LogP contribution in [0.5, 0.6) is 5.75 Å². The Morgan fingerprint density at radius 2 is 2.22 bits per heavy atom. The monoisotopic (exact) mass is 372 g/mol. The lowest BCUT2D eigenvalue weighted by Gasteiger charge is -2.42. The summed E-state index contributed by atoms with van der Waals surface area (Å²) < 4.78 is 5.31. The van der Waals surface area contributed by atoms with Gasteiger partial charge in [-0.15, -0.1) is 0 Å². The molecule has 1 unspecified atom stereocenters. The third kappa shape index (κ3) is 2.84. The van der Waals surface area contributed by atoms with Crippen molar-refractivity contribution in [3.8, 4) is 5.75 Å². The van der Waals surface area contributed by atoms with Crippen LogP contribution in [-0.4, -0.2) is 64.7 Å². The molecule has 4 amide bonds. The number of methoxy groups -OCH3 is 1. The van der Waals surface area contributed by atoms with Crippen LogP contribution in [0.25, 0.3) is 10.9 Å². The maximum absolute atomic E-state index is 13.0. The van der Waals surface area contributed by atoms with E-state index in [1.54, 1.807) is 12.0 Å². The van der Waals surface area contributed by atoms with E-state index < -0.39 is 12.0 Å². The number of urea groups is 1. The zero-order chi connectivity index (χ0) is 19.1. The number of imide groups is 1. The largest absolute Gasteiger partial charge is 0.497 e. The molecule has 1 atom stereocenters. The topological polar surface area (TPSA) is 115 Å². The number of carbonyl (C=O) groups excluding carboxylic acids is 2. The number of ether oxygens (including phenoxy) is 1. The number of hydrogen-bond donors (Lipinski definition) is 3. The number of rotatable bonds is 5. The molecule has 1 saturated heterocycles. The molecule has 1 fully saturated rings. The second-order valence-corrected chi connectivity index (χ2v) is 6.72. The van der Waals surface area contributed by atoms with Gasteiger partial charge in [-0.2, -0.15) is 0 Å². The zero-order valence-corrected chi connectivity index (χ0v) is 14.8. The number of H-pyrrole nitrogens is 1. The Kier molecular flexibility index (Phi) is 4.14. The summed E-state index contributed by atoms with van der Waals surface area (Å²) in [5.74, 6) is 0.0404. The average molecular weight is 372 g/mol. The summed E-state index contributed by atoms with van der Waals surface area (Å²) in [5.41, 5.74) is 2.71. The third-order valence-corrected chi connectivity index (χ3v) is 5.13. The average Bonchev–Trinajstić information content (AvgIpc) is 3.02. The third-order valence-electron chi connectivity index (χ3n) is 5.13. The van der Waals surface area contributed by atoms with Crippen molar-refractivity contribution in [2.24, 2.45) is 0 Å². The van der Waals surface area contributed by atoms with Crippen LogP contribution in [-0.2, 0) is 11.3 Å². The summed E-state index contributed by atoms with van der Waals surface area (Å²) in [6.07, 6.45) is -0.747. The van der Waals surface area contributed by atoms with Crippen molar-refractivity contribution in [2.45, 2.75) is 18.9 Å². The second kappa shape index (κ2) is 6.49. The Labute approximate surface area is 154 Å². The summed E-state index contributed by atoms with van der Waals surface area (Å²) in [5, 5.41) is 11.8. The molecule has 0 spiro atoms. The first kappa shape index (κ1) is 17.2. The molecule has 0 radical (unpaired) electrons. The van der Waals surface area contributed by atoms with Crippen molar-refractivity contribution >= 4 is 28.9 Å². The Bertz CT molecular complexity index is 937. The van der Waals surface area contributed by atoms with E-state index in [2.05, 4.69) is 10.3 Å². The lowest BCUT2D eigenvalue weighted by molar-refractivity contribution is -0.133. The first-order valence-electron chi connectivity index (χ1n) is 8.75.